The van der Waals surface area contributed by atoms with E-state index in [4.69, 9.17) is 9.15 Å². The van der Waals surface area contributed by atoms with Crippen LogP contribution in [0.15, 0.2) is 53.1 Å². The third kappa shape index (κ3) is 3.61. The lowest BCUT2D eigenvalue weighted by atomic mass is 10.00. The molecule has 0 bridgehead atoms. The van der Waals surface area contributed by atoms with Gasteiger partial charge in [0, 0.05) is 10.9 Å². The van der Waals surface area contributed by atoms with Crippen molar-refractivity contribution >= 4 is 28.5 Å². The second kappa shape index (κ2) is 7.44. The van der Waals surface area contributed by atoms with Gasteiger partial charge in [0.2, 0.25) is 5.91 Å². The Labute approximate surface area is 152 Å². The maximum absolute atomic E-state index is 12.5. The molecule has 0 saturated heterocycles. The molecule has 1 N–H and O–H groups in total. The van der Waals surface area contributed by atoms with Crippen LogP contribution in [-0.4, -0.2) is 19.0 Å². The van der Waals surface area contributed by atoms with Crippen molar-refractivity contribution in [3.05, 3.63) is 65.4 Å². The predicted octanol–water partition coefficient (Wildman–Crippen LogP) is 4.52. The molecule has 5 heteroatoms. The zero-order chi connectivity index (χ0) is 18.7. The van der Waals surface area contributed by atoms with Gasteiger partial charge in [0.15, 0.2) is 0 Å². The van der Waals surface area contributed by atoms with E-state index < -0.39 is 5.97 Å². The van der Waals surface area contributed by atoms with Gasteiger partial charge in [0.1, 0.15) is 5.58 Å². The first-order valence-electron chi connectivity index (χ1n) is 8.46. The van der Waals surface area contributed by atoms with Crippen molar-refractivity contribution in [2.75, 3.05) is 12.4 Å². The Bertz CT molecular complexity index is 956. The smallest absolute Gasteiger partial charge is 0.339 e. The number of nitrogens with one attached hydrogen (secondary N) is 1. The number of benzene rings is 2. The van der Waals surface area contributed by atoms with Gasteiger partial charge in [-0.05, 0) is 35.7 Å². The van der Waals surface area contributed by atoms with Crippen molar-refractivity contribution in [3.63, 3.8) is 0 Å². The number of furan rings is 1. The quantitative estimate of drug-likeness (QED) is 0.686. The first kappa shape index (κ1) is 17.7. The molecule has 0 saturated carbocycles. The van der Waals surface area contributed by atoms with Crippen LogP contribution >= 0.6 is 0 Å². The maximum atomic E-state index is 12.5. The Morgan fingerprint density at radius 3 is 2.65 bits per heavy atom. The summed E-state index contributed by atoms with van der Waals surface area (Å²) in [4.78, 5) is 24.3. The Hall–Kier alpha value is -3.08. The van der Waals surface area contributed by atoms with Gasteiger partial charge in [-0.15, -0.1) is 0 Å². The van der Waals surface area contributed by atoms with Crippen LogP contribution in [0, 0.1) is 0 Å². The van der Waals surface area contributed by atoms with Crippen LogP contribution in [0.2, 0.25) is 0 Å². The van der Waals surface area contributed by atoms with Gasteiger partial charge >= 0.3 is 5.97 Å². The summed E-state index contributed by atoms with van der Waals surface area (Å²) >= 11 is 0. The molecule has 3 rings (SSSR count). The van der Waals surface area contributed by atoms with Crippen LogP contribution in [-0.2, 0) is 16.0 Å². The highest BCUT2D eigenvalue weighted by atomic mass is 16.5. The fraction of sp³-hybridized carbons (Fsp3) is 0.238. The zero-order valence-electron chi connectivity index (χ0n) is 15.0. The molecule has 0 atom stereocenters. The summed E-state index contributed by atoms with van der Waals surface area (Å²) in [6.45, 7) is 4.24. The number of esters is 1. The summed E-state index contributed by atoms with van der Waals surface area (Å²) < 4.78 is 10.3. The van der Waals surface area contributed by atoms with Crippen LogP contribution in [0.5, 0.6) is 0 Å². The highest BCUT2D eigenvalue weighted by Gasteiger charge is 2.16. The van der Waals surface area contributed by atoms with E-state index in [1.165, 1.54) is 12.7 Å². The first-order chi connectivity index (χ1) is 12.5. The monoisotopic (exact) mass is 351 g/mol. The van der Waals surface area contributed by atoms with Crippen LogP contribution in [0.25, 0.3) is 11.0 Å². The molecule has 0 aliphatic rings. The number of carbonyl (C=O) groups excluding carboxylic acids is 2. The van der Waals surface area contributed by atoms with Crippen molar-refractivity contribution in [2.45, 2.75) is 26.2 Å². The van der Waals surface area contributed by atoms with Crippen LogP contribution in [0.4, 0.5) is 5.69 Å². The number of amides is 1. The van der Waals surface area contributed by atoms with Crippen molar-refractivity contribution < 1.29 is 18.7 Å². The Balaban J connectivity index is 1.82. The van der Waals surface area contributed by atoms with Gasteiger partial charge < -0.3 is 14.5 Å². The SMILES string of the molecule is COC(=O)c1ccccc1NC(=O)Cc1coc2ccc(C(C)C)cc12. The lowest BCUT2D eigenvalue weighted by Crippen LogP contribution is -2.17. The molecule has 2 aromatic carbocycles. The van der Waals surface area contributed by atoms with Crippen molar-refractivity contribution in [1.29, 1.82) is 0 Å². The minimum absolute atomic E-state index is 0.157. The zero-order valence-corrected chi connectivity index (χ0v) is 15.0. The van der Waals surface area contributed by atoms with Gasteiger partial charge in [-0.25, -0.2) is 4.79 Å². The molecule has 1 heterocycles. The predicted molar refractivity (Wildman–Crippen MR) is 100 cm³/mol. The van der Waals surface area contributed by atoms with E-state index in [9.17, 15) is 9.59 Å². The van der Waals surface area contributed by atoms with Gasteiger partial charge in [-0.2, -0.15) is 0 Å². The fourth-order valence-electron chi connectivity index (χ4n) is 2.84. The van der Waals surface area contributed by atoms with Crippen LogP contribution in [0.3, 0.4) is 0 Å². The van der Waals surface area contributed by atoms with Crippen LogP contribution in [0.1, 0.15) is 41.3 Å². The second-order valence-corrected chi connectivity index (χ2v) is 6.43. The third-order valence-electron chi connectivity index (χ3n) is 4.30. The van der Waals surface area contributed by atoms with Gasteiger partial charge in [0.05, 0.1) is 31.0 Å². The van der Waals surface area contributed by atoms with Crippen molar-refractivity contribution in [1.82, 2.24) is 0 Å². The normalized spacial score (nSPS) is 10.9. The number of ether oxygens (including phenoxy) is 1. The molecule has 1 amide bonds. The average molecular weight is 351 g/mol. The molecular weight excluding hydrogens is 330 g/mol. The molecule has 3 aromatic rings. The minimum Gasteiger partial charge on any atom is -0.465 e. The number of fused-ring (bicyclic) bond motifs is 1. The largest absolute Gasteiger partial charge is 0.465 e. The number of hydrogen-bond donors (Lipinski definition) is 1. The minimum atomic E-state index is -0.490. The summed E-state index contributed by atoms with van der Waals surface area (Å²) in [5.74, 6) is -0.321. The summed E-state index contributed by atoms with van der Waals surface area (Å²) in [7, 11) is 1.31. The molecule has 134 valence electrons. The number of hydrogen-bond acceptors (Lipinski definition) is 4. The number of methoxy groups -OCH3 is 1. The van der Waals surface area contributed by atoms with Gasteiger partial charge in [0.25, 0.3) is 0 Å². The molecule has 0 unspecified atom stereocenters. The van der Waals surface area contributed by atoms with E-state index in [0.717, 1.165) is 16.5 Å². The van der Waals surface area contributed by atoms with E-state index in [1.807, 2.05) is 12.1 Å². The van der Waals surface area contributed by atoms with Crippen molar-refractivity contribution in [2.24, 2.45) is 0 Å². The lowest BCUT2D eigenvalue weighted by molar-refractivity contribution is -0.115. The molecule has 1 aromatic heterocycles. The summed E-state index contributed by atoms with van der Waals surface area (Å²) in [6, 6.07) is 12.8. The third-order valence-corrected chi connectivity index (χ3v) is 4.30. The molecule has 0 aliphatic heterocycles. The molecule has 0 radical (unpaired) electrons. The lowest BCUT2D eigenvalue weighted by Gasteiger charge is -2.09. The molecule has 5 nitrogen and oxygen atoms in total. The summed E-state index contributed by atoms with van der Waals surface area (Å²) in [5, 5.41) is 3.72. The topological polar surface area (TPSA) is 68.5 Å². The summed E-state index contributed by atoms with van der Waals surface area (Å²) in [6.07, 6.45) is 1.77. The number of anilines is 1. The van der Waals surface area contributed by atoms with Crippen LogP contribution < -0.4 is 5.32 Å². The maximum Gasteiger partial charge on any atom is 0.339 e. The second-order valence-electron chi connectivity index (χ2n) is 6.43. The Morgan fingerprint density at radius 2 is 1.92 bits per heavy atom. The van der Waals surface area contributed by atoms with Crippen molar-refractivity contribution in [3.8, 4) is 0 Å². The van der Waals surface area contributed by atoms with E-state index in [-0.39, 0.29) is 12.3 Å². The Morgan fingerprint density at radius 1 is 1.15 bits per heavy atom. The molecule has 0 fully saturated rings. The number of para-hydroxylation sites is 1. The molecule has 26 heavy (non-hydrogen) atoms. The molecule has 0 aliphatic carbocycles. The number of rotatable bonds is 5. The van der Waals surface area contributed by atoms with E-state index >= 15 is 0 Å². The standard InChI is InChI=1S/C21H21NO4/c1-13(2)14-8-9-19-17(10-14)15(12-26-19)11-20(23)22-18-7-5-4-6-16(18)21(24)25-3/h4-10,12-13H,11H2,1-3H3,(H,22,23). The van der Waals surface area contributed by atoms with Gasteiger partial charge in [-0.1, -0.05) is 32.0 Å². The molecular formula is C21H21NO4. The number of carbonyl (C=O) groups is 2. The van der Waals surface area contributed by atoms with E-state index in [2.05, 4.69) is 25.2 Å². The highest BCUT2D eigenvalue weighted by molar-refractivity contribution is 6.02. The summed E-state index contributed by atoms with van der Waals surface area (Å²) in [5.41, 5.74) is 3.52. The molecule has 0 spiro atoms. The van der Waals surface area contributed by atoms with E-state index in [0.29, 0.717) is 17.2 Å². The first-order valence-corrected chi connectivity index (χ1v) is 8.46. The van der Waals surface area contributed by atoms with Gasteiger partial charge in [-0.3, -0.25) is 4.79 Å². The van der Waals surface area contributed by atoms with E-state index in [1.54, 1.807) is 30.5 Å². The average Bonchev–Trinajstić information content (AvgIpc) is 3.03. The Kier molecular flexibility index (Phi) is 5.07. The highest BCUT2D eigenvalue weighted by Crippen LogP contribution is 2.26. The fourth-order valence-corrected chi connectivity index (χ4v) is 2.84.